The van der Waals surface area contributed by atoms with Crippen molar-refractivity contribution in [2.75, 3.05) is 12.3 Å². The van der Waals surface area contributed by atoms with Gasteiger partial charge in [-0.05, 0) is 0 Å². The zero-order chi connectivity index (χ0) is 18.1. The molecular formula is C14H13F3N4O2S. The van der Waals surface area contributed by atoms with Crippen LogP contribution in [0.15, 0.2) is 5.03 Å². The number of pyridine rings is 1. The van der Waals surface area contributed by atoms with E-state index in [1.807, 2.05) is 0 Å². The van der Waals surface area contributed by atoms with Crippen molar-refractivity contribution in [3.8, 4) is 6.07 Å². The minimum absolute atomic E-state index is 0.147. The average Bonchev–Trinajstić information content (AvgIpc) is 2.49. The smallest absolute Gasteiger partial charge is 0.369 e. The van der Waals surface area contributed by atoms with E-state index in [1.165, 1.54) is 17.9 Å². The van der Waals surface area contributed by atoms with Gasteiger partial charge in [-0.25, -0.2) is 4.98 Å². The van der Waals surface area contributed by atoms with Crippen LogP contribution >= 0.6 is 11.8 Å². The molecule has 0 saturated carbocycles. The van der Waals surface area contributed by atoms with Gasteiger partial charge in [-0.3, -0.25) is 9.59 Å². The second-order valence-electron chi connectivity index (χ2n) is 5.15. The van der Waals surface area contributed by atoms with Crippen molar-refractivity contribution in [2.24, 2.45) is 5.73 Å². The molecule has 0 spiro atoms. The van der Waals surface area contributed by atoms with E-state index in [4.69, 9.17) is 5.73 Å². The van der Waals surface area contributed by atoms with Gasteiger partial charge in [-0.2, -0.15) is 18.4 Å². The second kappa shape index (κ2) is 6.68. The maximum Gasteiger partial charge on any atom is 0.418 e. The molecule has 6 nitrogen and oxygen atoms in total. The molecule has 10 heteroatoms. The van der Waals surface area contributed by atoms with Gasteiger partial charge in [0.15, 0.2) is 0 Å². The van der Waals surface area contributed by atoms with Gasteiger partial charge in [-0.15, -0.1) is 0 Å². The minimum Gasteiger partial charge on any atom is -0.369 e. The van der Waals surface area contributed by atoms with E-state index in [9.17, 15) is 28.0 Å². The number of primary amides is 1. The van der Waals surface area contributed by atoms with Crippen LogP contribution in [0.1, 0.15) is 29.3 Å². The van der Waals surface area contributed by atoms with Crippen molar-refractivity contribution in [1.82, 2.24) is 9.88 Å². The summed E-state index contributed by atoms with van der Waals surface area (Å²) in [5, 5.41) is 9.04. The zero-order valence-corrected chi connectivity index (χ0v) is 13.4. The molecule has 0 radical (unpaired) electrons. The van der Waals surface area contributed by atoms with E-state index in [0.29, 0.717) is 11.8 Å². The molecule has 1 aromatic rings. The number of aromatic nitrogens is 1. The molecule has 0 saturated heterocycles. The molecule has 1 aromatic heterocycles. The Bertz CT molecular complexity index is 743. The molecule has 0 bridgehead atoms. The Labute approximate surface area is 139 Å². The lowest BCUT2D eigenvalue weighted by atomic mass is 9.96. The van der Waals surface area contributed by atoms with Crippen LogP contribution in [0.5, 0.6) is 0 Å². The van der Waals surface area contributed by atoms with E-state index in [0.717, 1.165) is 0 Å². The molecule has 2 amide bonds. The number of fused-ring (bicyclic) bond motifs is 1. The molecule has 0 fully saturated rings. The maximum atomic E-state index is 13.5. The summed E-state index contributed by atoms with van der Waals surface area (Å²) in [6, 6.07) is 1.53. The second-order valence-corrected chi connectivity index (χ2v) is 6.11. The minimum atomic E-state index is -4.78. The monoisotopic (exact) mass is 358 g/mol. The standard InChI is InChI=1S/C14H13F3N4O2S/c1-7(22)21-3-2-10-9(5-21)12(14(15,16)17)8(4-18)13(20-10)24-6-11(19)23/h2-3,5-6H2,1H3,(H2,19,23). The predicted molar refractivity (Wildman–Crippen MR) is 78.7 cm³/mol. The third kappa shape index (κ3) is 3.62. The van der Waals surface area contributed by atoms with Gasteiger partial charge < -0.3 is 10.6 Å². The quantitative estimate of drug-likeness (QED) is 0.825. The summed E-state index contributed by atoms with van der Waals surface area (Å²) in [6.45, 7) is 1.27. The van der Waals surface area contributed by atoms with Crippen molar-refractivity contribution < 1.29 is 22.8 Å². The number of hydrogen-bond donors (Lipinski definition) is 1. The van der Waals surface area contributed by atoms with Crippen molar-refractivity contribution in [1.29, 1.82) is 5.26 Å². The first kappa shape index (κ1) is 18.1. The number of rotatable bonds is 3. The lowest BCUT2D eigenvalue weighted by Crippen LogP contribution is -2.36. The van der Waals surface area contributed by atoms with Gasteiger partial charge >= 0.3 is 6.18 Å². The molecule has 0 unspecified atom stereocenters. The molecule has 128 valence electrons. The normalized spacial score (nSPS) is 14.0. The van der Waals surface area contributed by atoms with Crippen molar-refractivity contribution in [3.05, 3.63) is 22.4 Å². The van der Waals surface area contributed by atoms with Crippen molar-refractivity contribution >= 4 is 23.6 Å². The highest BCUT2D eigenvalue weighted by Gasteiger charge is 2.41. The number of halogens is 3. The molecule has 2 N–H and O–H groups in total. The average molecular weight is 358 g/mol. The highest BCUT2D eigenvalue weighted by Crippen LogP contribution is 2.40. The molecular weight excluding hydrogens is 345 g/mol. The summed E-state index contributed by atoms with van der Waals surface area (Å²) in [5.41, 5.74) is 3.30. The van der Waals surface area contributed by atoms with Crippen LogP contribution in [0.2, 0.25) is 0 Å². The van der Waals surface area contributed by atoms with Crippen LogP contribution in [0.4, 0.5) is 13.2 Å². The van der Waals surface area contributed by atoms with Crippen LogP contribution in [-0.2, 0) is 28.7 Å². The number of thioether (sulfide) groups is 1. The molecule has 1 aliphatic heterocycles. The highest BCUT2D eigenvalue weighted by atomic mass is 32.2. The van der Waals surface area contributed by atoms with Crippen molar-refractivity contribution in [2.45, 2.75) is 31.1 Å². The largest absolute Gasteiger partial charge is 0.418 e. The van der Waals surface area contributed by atoms with Gasteiger partial charge in [0, 0.05) is 37.7 Å². The zero-order valence-electron chi connectivity index (χ0n) is 12.6. The number of nitrogens with two attached hydrogens (primary N) is 1. The SMILES string of the molecule is CC(=O)N1CCc2nc(SCC(N)=O)c(C#N)c(C(F)(F)F)c2C1. The van der Waals surface area contributed by atoms with Gasteiger partial charge in [0.05, 0.1) is 16.9 Å². The summed E-state index contributed by atoms with van der Waals surface area (Å²) in [6.07, 6.45) is -4.63. The number of carbonyl (C=O) groups excluding carboxylic acids is 2. The topological polar surface area (TPSA) is 100 Å². The summed E-state index contributed by atoms with van der Waals surface area (Å²) in [7, 11) is 0. The third-order valence-electron chi connectivity index (χ3n) is 3.51. The fourth-order valence-electron chi connectivity index (χ4n) is 2.47. The number of nitrogens with zero attached hydrogens (tertiary/aromatic N) is 3. The van der Waals surface area contributed by atoms with Crippen molar-refractivity contribution in [3.63, 3.8) is 0 Å². The van der Waals surface area contributed by atoms with Crippen LogP contribution in [-0.4, -0.2) is 34.0 Å². The Hall–Kier alpha value is -2.28. The number of amides is 2. The van der Waals surface area contributed by atoms with Crippen LogP contribution in [0.3, 0.4) is 0 Å². The lowest BCUT2D eigenvalue weighted by molar-refractivity contribution is -0.140. The fraction of sp³-hybridized carbons (Fsp3) is 0.429. The first-order valence-electron chi connectivity index (χ1n) is 6.84. The van der Waals surface area contributed by atoms with E-state index >= 15 is 0 Å². The first-order chi connectivity index (χ1) is 11.1. The molecule has 2 rings (SSSR count). The number of alkyl halides is 3. The van der Waals surface area contributed by atoms with E-state index in [-0.39, 0.29) is 47.5 Å². The third-order valence-corrected chi connectivity index (χ3v) is 4.51. The Kier molecular flexibility index (Phi) is 5.03. The first-order valence-corrected chi connectivity index (χ1v) is 7.83. The molecule has 0 aliphatic carbocycles. The maximum absolute atomic E-state index is 13.5. The van der Waals surface area contributed by atoms with Crippen LogP contribution < -0.4 is 5.73 Å². The van der Waals surface area contributed by atoms with Crippen LogP contribution in [0, 0.1) is 11.3 Å². The lowest BCUT2D eigenvalue weighted by Gasteiger charge is -2.30. The number of carbonyl (C=O) groups is 2. The molecule has 0 aromatic carbocycles. The Morgan fingerprint density at radius 2 is 2.12 bits per heavy atom. The summed E-state index contributed by atoms with van der Waals surface area (Å²) < 4.78 is 40.6. The van der Waals surface area contributed by atoms with Gasteiger partial charge in [0.1, 0.15) is 11.1 Å². The molecule has 24 heavy (non-hydrogen) atoms. The van der Waals surface area contributed by atoms with Gasteiger partial charge in [0.2, 0.25) is 11.8 Å². The molecule has 2 heterocycles. The Balaban J connectivity index is 2.63. The Morgan fingerprint density at radius 3 is 2.62 bits per heavy atom. The molecule has 0 atom stereocenters. The van der Waals surface area contributed by atoms with Crippen LogP contribution in [0.25, 0.3) is 0 Å². The summed E-state index contributed by atoms with van der Waals surface area (Å²) >= 11 is 0.701. The number of nitriles is 1. The summed E-state index contributed by atoms with van der Waals surface area (Å²) in [5.74, 6) is -1.35. The van der Waals surface area contributed by atoms with E-state index < -0.39 is 23.2 Å². The van der Waals surface area contributed by atoms with Gasteiger partial charge in [-0.1, -0.05) is 11.8 Å². The van der Waals surface area contributed by atoms with E-state index in [2.05, 4.69) is 4.98 Å². The summed E-state index contributed by atoms with van der Waals surface area (Å²) in [4.78, 5) is 27.8. The molecule has 1 aliphatic rings. The predicted octanol–water partition coefficient (Wildman–Crippen LogP) is 1.45. The van der Waals surface area contributed by atoms with E-state index in [1.54, 1.807) is 0 Å². The highest BCUT2D eigenvalue weighted by molar-refractivity contribution is 8.00. The Morgan fingerprint density at radius 1 is 1.46 bits per heavy atom. The number of hydrogen-bond acceptors (Lipinski definition) is 5. The fourth-order valence-corrected chi connectivity index (χ4v) is 3.21. The van der Waals surface area contributed by atoms with Gasteiger partial charge in [0.25, 0.3) is 0 Å².